The molecule has 1 heterocycles. The van der Waals surface area contributed by atoms with Crippen molar-refractivity contribution in [3.05, 3.63) is 117 Å². The second-order valence-electron chi connectivity index (χ2n) is 13.8. The van der Waals surface area contributed by atoms with E-state index in [1.165, 1.54) is 90.9 Å². The molecule has 3 aliphatic carbocycles. The van der Waals surface area contributed by atoms with Gasteiger partial charge in [-0.25, -0.2) is 9.55 Å². The van der Waals surface area contributed by atoms with Crippen LogP contribution in [0.25, 0.3) is 16.8 Å². The van der Waals surface area contributed by atoms with Crippen LogP contribution in [0.15, 0.2) is 89.1 Å². The number of halogens is 1. The maximum Gasteiger partial charge on any atom is 0.257 e. The molecular formula is C42H49ClN3+. The van der Waals surface area contributed by atoms with Gasteiger partial charge in [-0.1, -0.05) is 74.2 Å². The third-order valence-electron chi connectivity index (χ3n) is 11.0. The molecule has 1 saturated carbocycles. The molecule has 2 aromatic carbocycles. The van der Waals surface area contributed by atoms with Crippen molar-refractivity contribution in [3.8, 4) is 17.3 Å². The summed E-state index contributed by atoms with van der Waals surface area (Å²) in [4.78, 5) is 3.89. The lowest BCUT2D eigenvalue weighted by Gasteiger charge is -2.31. The highest BCUT2D eigenvalue weighted by molar-refractivity contribution is 6.30. The molecule has 0 spiro atoms. The molecule has 0 aliphatic heterocycles. The topological polar surface area (TPSA) is 43.5 Å². The normalized spacial score (nSPS) is 22.6. The van der Waals surface area contributed by atoms with Crippen LogP contribution in [-0.2, 0) is 7.05 Å². The van der Waals surface area contributed by atoms with Gasteiger partial charge in [0.2, 0.25) is 0 Å². The monoisotopic (exact) mass is 630 g/mol. The molecule has 238 valence electrons. The third-order valence-corrected chi connectivity index (χ3v) is 11.2. The molecule has 0 amide bonds. The van der Waals surface area contributed by atoms with Gasteiger partial charge < -0.3 is 0 Å². The van der Waals surface area contributed by atoms with Gasteiger partial charge in [-0.15, -0.1) is 0 Å². The summed E-state index contributed by atoms with van der Waals surface area (Å²) in [6.07, 6.45) is 20.5. The molecule has 1 N–H and O–H groups in total. The van der Waals surface area contributed by atoms with Crippen molar-refractivity contribution in [1.82, 2.24) is 4.98 Å². The van der Waals surface area contributed by atoms with Crippen LogP contribution in [0.5, 0.6) is 0 Å². The van der Waals surface area contributed by atoms with Crippen molar-refractivity contribution < 1.29 is 4.57 Å². The number of nitrogens with zero attached hydrogens (tertiary/aromatic N) is 2. The van der Waals surface area contributed by atoms with Crippen LogP contribution in [0.1, 0.15) is 113 Å². The Kier molecular flexibility index (Phi) is 10.1. The molecule has 46 heavy (non-hydrogen) atoms. The Hall–Kier alpha value is -3.61. The van der Waals surface area contributed by atoms with E-state index < -0.39 is 0 Å². The molecule has 3 unspecified atom stereocenters. The quantitative estimate of drug-likeness (QED) is 0.280. The Bertz CT molecular complexity index is 1720. The lowest BCUT2D eigenvalue weighted by Crippen LogP contribution is -2.36. The minimum Gasteiger partial charge on any atom is -0.240 e. The van der Waals surface area contributed by atoms with E-state index in [1.54, 1.807) is 16.7 Å². The van der Waals surface area contributed by atoms with E-state index in [0.29, 0.717) is 17.8 Å². The van der Waals surface area contributed by atoms with Crippen molar-refractivity contribution in [2.24, 2.45) is 18.9 Å². The molecule has 1 fully saturated rings. The number of hydrogen-bond donors (Lipinski definition) is 1. The Morgan fingerprint density at radius 2 is 1.61 bits per heavy atom. The number of nitrogens with one attached hydrogen (secondary N) is 1. The Balaban J connectivity index is 1.37. The van der Waals surface area contributed by atoms with Gasteiger partial charge in [0.15, 0.2) is 5.69 Å². The van der Waals surface area contributed by atoms with Gasteiger partial charge in [0.25, 0.3) is 5.82 Å². The summed E-state index contributed by atoms with van der Waals surface area (Å²) < 4.78 is 2.40. The number of allylic oxidation sites excluding steroid dienone is 8. The van der Waals surface area contributed by atoms with E-state index in [-0.39, 0.29) is 0 Å². The number of rotatable bonds is 5. The summed E-state index contributed by atoms with van der Waals surface area (Å²) in [6.45, 7) is 7.02. The van der Waals surface area contributed by atoms with Crippen LogP contribution in [0.2, 0.25) is 5.02 Å². The summed E-state index contributed by atoms with van der Waals surface area (Å²) in [7, 11) is 2.23. The maximum absolute atomic E-state index is 9.39. The minimum atomic E-state index is 0.508. The van der Waals surface area contributed by atoms with Gasteiger partial charge in [-0.3, -0.25) is 0 Å². The molecule has 3 atom stereocenters. The number of aromatic amines is 1. The molecule has 6 rings (SSSR count). The van der Waals surface area contributed by atoms with Crippen LogP contribution < -0.4 is 4.57 Å². The zero-order valence-electron chi connectivity index (χ0n) is 28.1. The van der Waals surface area contributed by atoms with Crippen LogP contribution in [0.4, 0.5) is 0 Å². The zero-order valence-corrected chi connectivity index (χ0v) is 28.9. The number of aromatic nitrogens is 2. The lowest BCUT2D eigenvalue weighted by molar-refractivity contribution is -0.685. The second-order valence-corrected chi connectivity index (χ2v) is 14.2. The SMILES string of the molecule is CCC1=C(C2CCCCC(c3[nH]c(-c4ccc(Cl)cc4)c(C)[n+]3C)CC2)C2=C(CCCC(c3ccc(C#N)cc3)=C2)C(C)CC=C1. The van der Waals surface area contributed by atoms with Crippen LogP contribution in [0, 0.1) is 30.1 Å². The average molecular weight is 631 g/mol. The van der Waals surface area contributed by atoms with E-state index in [1.807, 2.05) is 24.3 Å². The maximum atomic E-state index is 9.39. The smallest absolute Gasteiger partial charge is 0.240 e. The van der Waals surface area contributed by atoms with Crippen molar-refractivity contribution in [1.29, 1.82) is 5.26 Å². The molecule has 0 bridgehead atoms. The molecule has 3 aromatic rings. The molecule has 0 radical (unpaired) electrons. The highest BCUT2D eigenvalue weighted by atomic mass is 35.5. The Labute approximate surface area is 281 Å². The highest BCUT2D eigenvalue weighted by Crippen LogP contribution is 2.45. The first-order valence-corrected chi connectivity index (χ1v) is 17.9. The highest BCUT2D eigenvalue weighted by Gasteiger charge is 2.32. The van der Waals surface area contributed by atoms with Gasteiger partial charge in [0, 0.05) is 17.5 Å². The molecule has 0 saturated heterocycles. The number of H-pyrrole nitrogens is 1. The summed E-state index contributed by atoms with van der Waals surface area (Å²) in [5.74, 6) is 2.96. The van der Waals surface area contributed by atoms with Crippen molar-refractivity contribution in [2.45, 2.75) is 97.3 Å². The zero-order chi connectivity index (χ0) is 32.2. The summed E-state index contributed by atoms with van der Waals surface area (Å²) in [5, 5.41) is 10.2. The largest absolute Gasteiger partial charge is 0.257 e. The summed E-state index contributed by atoms with van der Waals surface area (Å²) in [5.41, 5.74) is 13.4. The van der Waals surface area contributed by atoms with E-state index in [2.05, 4.69) is 85.9 Å². The Morgan fingerprint density at radius 1 is 0.913 bits per heavy atom. The predicted octanol–water partition coefficient (Wildman–Crippen LogP) is 11.3. The van der Waals surface area contributed by atoms with Crippen molar-refractivity contribution in [2.75, 3.05) is 0 Å². The summed E-state index contributed by atoms with van der Waals surface area (Å²) in [6, 6.07) is 18.8. The van der Waals surface area contributed by atoms with Crippen molar-refractivity contribution in [3.63, 3.8) is 0 Å². The van der Waals surface area contributed by atoms with E-state index >= 15 is 0 Å². The second kappa shape index (κ2) is 14.4. The lowest BCUT2D eigenvalue weighted by atomic mass is 9.73. The number of nitriles is 1. The predicted molar refractivity (Wildman–Crippen MR) is 191 cm³/mol. The molecular weight excluding hydrogens is 582 g/mol. The van der Waals surface area contributed by atoms with Gasteiger partial charge >= 0.3 is 0 Å². The van der Waals surface area contributed by atoms with E-state index in [0.717, 1.165) is 29.8 Å². The molecule has 1 aromatic heterocycles. The molecule has 3 nitrogen and oxygen atoms in total. The van der Waals surface area contributed by atoms with E-state index in [4.69, 9.17) is 11.6 Å². The van der Waals surface area contributed by atoms with Gasteiger partial charge in [0.1, 0.15) is 5.69 Å². The third kappa shape index (κ3) is 6.74. The first-order valence-electron chi connectivity index (χ1n) is 17.6. The molecule has 4 heteroatoms. The fourth-order valence-corrected chi connectivity index (χ4v) is 8.39. The summed E-state index contributed by atoms with van der Waals surface area (Å²) >= 11 is 6.22. The number of imidazole rings is 1. The fourth-order valence-electron chi connectivity index (χ4n) is 8.26. The van der Waals surface area contributed by atoms with Gasteiger partial charge in [0.05, 0.1) is 24.6 Å². The van der Waals surface area contributed by atoms with E-state index in [9.17, 15) is 5.26 Å². The van der Waals surface area contributed by atoms with Crippen LogP contribution in [0.3, 0.4) is 0 Å². The average Bonchev–Trinajstić information content (AvgIpc) is 3.21. The van der Waals surface area contributed by atoms with Crippen LogP contribution >= 0.6 is 11.6 Å². The van der Waals surface area contributed by atoms with Crippen LogP contribution in [-0.4, -0.2) is 4.98 Å². The number of hydrogen-bond acceptors (Lipinski definition) is 1. The fraction of sp³-hybridized carbons (Fsp3) is 0.429. The first-order chi connectivity index (χ1) is 22.4. The molecule has 3 aliphatic rings. The van der Waals surface area contributed by atoms with Gasteiger partial charge in [-0.2, -0.15) is 5.26 Å². The first kappa shape index (κ1) is 32.3. The van der Waals surface area contributed by atoms with Gasteiger partial charge in [-0.05, 0) is 134 Å². The Morgan fingerprint density at radius 3 is 2.33 bits per heavy atom. The minimum absolute atomic E-state index is 0.508. The number of benzene rings is 2. The standard InChI is InChI=1S/C42H48ClN3/c1-5-31-13-8-10-28(2)38-15-9-14-36(32-18-16-30(27-44)17-19-32)26-39(38)40(31)33-11-6-7-12-35(21-20-33)42-45-41(29(3)46(42)4)34-22-24-37(43)25-23-34/h8,13,16-19,22-26,28,33,35H,5-7,9-12,14-15,20-21H2,1-4H3/p+1. The van der Waals surface area contributed by atoms with Crippen molar-refractivity contribution >= 4 is 17.2 Å².